The lowest BCUT2D eigenvalue weighted by Gasteiger charge is -2.05. The van der Waals surface area contributed by atoms with Crippen LogP contribution in [-0.2, 0) is 0 Å². The number of hydrogen-bond donors (Lipinski definition) is 2. The molecule has 0 fully saturated rings. The Balaban J connectivity index is 2.20. The van der Waals surface area contributed by atoms with Gasteiger partial charge < -0.3 is 10.4 Å². The number of aliphatic hydroxyl groups excluding tert-OH is 1. The van der Waals surface area contributed by atoms with E-state index in [1.807, 2.05) is 0 Å². The summed E-state index contributed by atoms with van der Waals surface area (Å²) < 4.78 is 1.46. The molecule has 0 aliphatic carbocycles. The molecule has 2 N–H and O–H groups in total. The maximum absolute atomic E-state index is 11.6. The van der Waals surface area contributed by atoms with Crippen LogP contribution in [0.25, 0.3) is 5.69 Å². The first-order chi connectivity index (χ1) is 8.31. The van der Waals surface area contributed by atoms with Gasteiger partial charge in [0.15, 0.2) is 0 Å². The smallest absolute Gasteiger partial charge is 0.251 e. The van der Waals surface area contributed by atoms with E-state index in [0.717, 1.165) is 0 Å². The molecular weight excluding hydrogens is 222 g/mol. The summed E-state index contributed by atoms with van der Waals surface area (Å²) >= 11 is 0. The van der Waals surface area contributed by atoms with Crippen molar-refractivity contribution in [3.63, 3.8) is 0 Å². The van der Waals surface area contributed by atoms with Crippen molar-refractivity contribution in [3.8, 4) is 5.69 Å². The minimum Gasteiger partial charge on any atom is -0.395 e. The molecule has 1 amide bonds. The highest BCUT2D eigenvalue weighted by atomic mass is 16.3. The lowest BCUT2D eigenvalue weighted by atomic mass is 10.2. The molecule has 7 heteroatoms. The van der Waals surface area contributed by atoms with Crippen LogP contribution in [0.5, 0.6) is 0 Å². The highest BCUT2D eigenvalue weighted by molar-refractivity contribution is 5.94. The second kappa shape index (κ2) is 5.17. The van der Waals surface area contributed by atoms with Gasteiger partial charge in [-0.25, -0.2) is 4.68 Å². The van der Waals surface area contributed by atoms with Gasteiger partial charge in [-0.3, -0.25) is 4.79 Å². The van der Waals surface area contributed by atoms with Gasteiger partial charge in [-0.15, -0.1) is 5.10 Å². The molecule has 0 radical (unpaired) electrons. The van der Waals surface area contributed by atoms with Crippen molar-refractivity contribution in [2.45, 2.75) is 0 Å². The molecule has 0 atom stereocenters. The van der Waals surface area contributed by atoms with Crippen molar-refractivity contribution in [3.05, 3.63) is 36.2 Å². The number of aliphatic hydroxyl groups is 1. The number of rotatable bonds is 4. The molecule has 0 saturated carbocycles. The molecule has 0 aliphatic heterocycles. The molecule has 1 heterocycles. The Labute approximate surface area is 97.1 Å². The van der Waals surface area contributed by atoms with Gasteiger partial charge in [-0.1, -0.05) is 6.07 Å². The van der Waals surface area contributed by atoms with Crippen LogP contribution in [0.15, 0.2) is 30.6 Å². The quantitative estimate of drug-likeness (QED) is 0.734. The molecule has 0 spiro atoms. The summed E-state index contributed by atoms with van der Waals surface area (Å²) in [5.41, 5.74) is 1.19. The lowest BCUT2D eigenvalue weighted by molar-refractivity contribution is 0.0944. The third-order valence-corrected chi connectivity index (χ3v) is 2.12. The number of carbonyl (C=O) groups excluding carboxylic acids is 1. The molecule has 7 nitrogen and oxygen atoms in total. The zero-order chi connectivity index (χ0) is 12.1. The molecule has 2 rings (SSSR count). The van der Waals surface area contributed by atoms with Crippen molar-refractivity contribution in [1.82, 2.24) is 25.5 Å². The normalized spacial score (nSPS) is 10.2. The van der Waals surface area contributed by atoms with Crippen LogP contribution in [-0.4, -0.2) is 44.4 Å². The molecule has 1 aromatic carbocycles. The van der Waals surface area contributed by atoms with E-state index in [4.69, 9.17) is 5.11 Å². The maximum Gasteiger partial charge on any atom is 0.251 e. The van der Waals surface area contributed by atoms with Gasteiger partial charge in [0.25, 0.3) is 5.91 Å². The number of benzene rings is 1. The Morgan fingerprint density at radius 3 is 3.06 bits per heavy atom. The number of nitrogens with zero attached hydrogens (tertiary/aromatic N) is 4. The molecule has 0 aliphatic rings. The van der Waals surface area contributed by atoms with E-state index in [0.29, 0.717) is 11.3 Å². The van der Waals surface area contributed by atoms with E-state index in [1.165, 1.54) is 11.0 Å². The van der Waals surface area contributed by atoms with Gasteiger partial charge in [0, 0.05) is 12.1 Å². The van der Waals surface area contributed by atoms with E-state index in [-0.39, 0.29) is 19.1 Å². The number of tetrazole rings is 1. The van der Waals surface area contributed by atoms with Crippen molar-refractivity contribution in [2.75, 3.05) is 13.2 Å². The van der Waals surface area contributed by atoms with E-state index in [9.17, 15) is 4.79 Å². The van der Waals surface area contributed by atoms with E-state index in [2.05, 4.69) is 20.8 Å². The summed E-state index contributed by atoms with van der Waals surface area (Å²) in [6.07, 6.45) is 1.45. The first-order valence-corrected chi connectivity index (χ1v) is 5.04. The lowest BCUT2D eigenvalue weighted by Crippen LogP contribution is -2.26. The second-order valence-corrected chi connectivity index (χ2v) is 3.28. The Morgan fingerprint density at radius 1 is 1.47 bits per heavy atom. The third kappa shape index (κ3) is 2.64. The monoisotopic (exact) mass is 233 g/mol. The largest absolute Gasteiger partial charge is 0.395 e. The van der Waals surface area contributed by atoms with Crippen LogP contribution in [0.3, 0.4) is 0 Å². The number of hydrogen-bond acceptors (Lipinski definition) is 5. The topological polar surface area (TPSA) is 92.9 Å². The number of amides is 1. The minimum absolute atomic E-state index is 0.0849. The first-order valence-electron chi connectivity index (χ1n) is 5.04. The molecule has 1 aromatic heterocycles. The Bertz CT molecular complexity index is 497. The van der Waals surface area contributed by atoms with Gasteiger partial charge >= 0.3 is 0 Å². The van der Waals surface area contributed by atoms with Crippen LogP contribution >= 0.6 is 0 Å². The highest BCUT2D eigenvalue weighted by Gasteiger charge is 2.06. The first kappa shape index (κ1) is 11.2. The predicted molar refractivity (Wildman–Crippen MR) is 58.6 cm³/mol. The summed E-state index contributed by atoms with van der Waals surface area (Å²) in [6.45, 7) is 0.145. The van der Waals surface area contributed by atoms with Gasteiger partial charge in [-0.05, 0) is 28.6 Å². The fourth-order valence-corrected chi connectivity index (χ4v) is 1.34. The second-order valence-electron chi connectivity index (χ2n) is 3.28. The average Bonchev–Trinajstić information content (AvgIpc) is 2.90. The molecule has 0 bridgehead atoms. The van der Waals surface area contributed by atoms with Gasteiger partial charge in [0.05, 0.1) is 12.3 Å². The third-order valence-electron chi connectivity index (χ3n) is 2.12. The fraction of sp³-hybridized carbons (Fsp3) is 0.200. The maximum atomic E-state index is 11.6. The van der Waals surface area contributed by atoms with E-state index >= 15 is 0 Å². The van der Waals surface area contributed by atoms with Gasteiger partial charge in [0.1, 0.15) is 6.33 Å². The minimum atomic E-state index is -0.242. The summed E-state index contributed by atoms with van der Waals surface area (Å²) in [6, 6.07) is 6.88. The number of carbonyl (C=O) groups is 1. The van der Waals surface area contributed by atoms with Gasteiger partial charge in [-0.2, -0.15) is 0 Å². The van der Waals surface area contributed by atoms with E-state index in [1.54, 1.807) is 24.3 Å². The Hall–Kier alpha value is -2.28. The standard InChI is InChI=1S/C10H11N5O2/c16-5-4-11-10(17)8-2-1-3-9(6-8)15-7-12-13-14-15/h1-3,6-7,16H,4-5H2,(H,11,17). The fourth-order valence-electron chi connectivity index (χ4n) is 1.34. The van der Waals surface area contributed by atoms with Crippen LogP contribution in [0.4, 0.5) is 0 Å². The molecule has 0 saturated heterocycles. The molecule has 88 valence electrons. The summed E-state index contributed by atoms with van der Waals surface area (Å²) in [5, 5.41) is 22.0. The number of aromatic nitrogens is 4. The van der Waals surface area contributed by atoms with Crippen molar-refractivity contribution < 1.29 is 9.90 Å². The van der Waals surface area contributed by atoms with Crippen molar-refractivity contribution >= 4 is 5.91 Å². The Kier molecular flexibility index (Phi) is 3.41. The zero-order valence-electron chi connectivity index (χ0n) is 8.95. The molecular formula is C10H11N5O2. The summed E-state index contributed by atoms with van der Waals surface area (Å²) in [4.78, 5) is 11.6. The number of nitrogens with one attached hydrogen (secondary N) is 1. The molecule has 0 unspecified atom stereocenters. The molecule has 2 aromatic rings. The van der Waals surface area contributed by atoms with Gasteiger partial charge in [0.2, 0.25) is 0 Å². The van der Waals surface area contributed by atoms with Crippen molar-refractivity contribution in [1.29, 1.82) is 0 Å². The van der Waals surface area contributed by atoms with Crippen LogP contribution < -0.4 is 5.32 Å². The van der Waals surface area contributed by atoms with Crippen molar-refractivity contribution in [2.24, 2.45) is 0 Å². The summed E-state index contributed by atoms with van der Waals surface area (Å²) in [7, 11) is 0. The van der Waals surface area contributed by atoms with Crippen LogP contribution in [0.1, 0.15) is 10.4 Å². The SMILES string of the molecule is O=C(NCCO)c1cccc(-n2cnnn2)c1. The van der Waals surface area contributed by atoms with E-state index < -0.39 is 0 Å². The average molecular weight is 233 g/mol. The van der Waals surface area contributed by atoms with Crippen LogP contribution in [0.2, 0.25) is 0 Å². The highest BCUT2D eigenvalue weighted by Crippen LogP contribution is 2.08. The zero-order valence-corrected chi connectivity index (χ0v) is 8.95. The predicted octanol–water partition coefficient (Wildman–Crippen LogP) is -0.616. The Morgan fingerprint density at radius 2 is 2.35 bits per heavy atom. The summed E-state index contributed by atoms with van der Waals surface area (Å²) in [5.74, 6) is -0.242. The molecule has 17 heavy (non-hydrogen) atoms. The van der Waals surface area contributed by atoms with Crippen LogP contribution in [0, 0.1) is 0 Å².